The fraction of sp³-hybridized carbons (Fsp3) is 0.250. The monoisotopic (exact) mass is 243 g/mol. The van der Waals surface area contributed by atoms with E-state index in [4.69, 9.17) is 5.73 Å². The predicted octanol–water partition coefficient (Wildman–Crippen LogP) is 3.20. The maximum atomic E-state index is 13.0. The molecule has 7 heteroatoms. The zero-order valence-electron chi connectivity index (χ0n) is 7.24. The minimum absolute atomic E-state index is 0.0587. The molecule has 84 valence electrons. The summed E-state index contributed by atoms with van der Waals surface area (Å²) < 4.78 is 61.3. The van der Waals surface area contributed by atoms with E-state index in [0.717, 1.165) is 12.1 Å². The topological polar surface area (TPSA) is 26.0 Å². The molecule has 0 aliphatic carbocycles. The van der Waals surface area contributed by atoms with Gasteiger partial charge in [0.05, 0.1) is 10.6 Å². The third-order valence-corrected chi connectivity index (χ3v) is 2.55. The summed E-state index contributed by atoms with van der Waals surface area (Å²) in [6.45, 7) is 0. The molecular formula is C8H6F5NS. The van der Waals surface area contributed by atoms with E-state index >= 15 is 0 Å². The number of nitrogens with two attached hydrogens (primary N) is 1. The second-order valence-corrected chi connectivity index (χ2v) is 3.70. The first-order chi connectivity index (χ1) is 6.79. The molecule has 1 aromatic carbocycles. The van der Waals surface area contributed by atoms with Crippen LogP contribution in [0.5, 0.6) is 0 Å². The average molecular weight is 243 g/mol. The van der Waals surface area contributed by atoms with Gasteiger partial charge in [-0.3, -0.25) is 0 Å². The Kier molecular flexibility index (Phi) is 3.43. The van der Waals surface area contributed by atoms with Gasteiger partial charge in [0.1, 0.15) is 11.6 Å². The van der Waals surface area contributed by atoms with Gasteiger partial charge >= 0.3 is 6.18 Å². The van der Waals surface area contributed by atoms with Crippen molar-refractivity contribution >= 4 is 17.4 Å². The molecule has 0 aliphatic rings. The summed E-state index contributed by atoms with van der Waals surface area (Å²) in [4.78, 5) is -0.665. The SMILES string of the molecule is Nc1cc(F)c(SCC(F)(F)F)c(F)c1. The van der Waals surface area contributed by atoms with Crippen LogP contribution in [0, 0.1) is 11.6 Å². The Labute approximate surface area is 86.5 Å². The highest BCUT2D eigenvalue weighted by Crippen LogP contribution is 2.31. The predicted molar refractivity (Wildman–Crippen MR) is 47.5 cm³/mol. The van der Waals surface area contributed by atoms with E-state index in [0.29, 0.717) is 0 Å². The second kappa shape index (κ2) is 4.26. The molecular weight excluding hydrogens is 237 g/mol. The van der Waals surface area contributed by atoms with Crippen molar-refractivity contribution in [3.63, 3.8) is 0 Å². The lowest BCUT2D eigenvalue weighted by Crippen LogP contribution is -2.11. The number of hydrogen-bond acceptors (Lipinski definition) is 2. The zero-order valence-corrected chi connectivity index (χ0v) is 8.05. The van der Waals surface area contributed by atoms with E-state index < -0.39 is 28.5 Å². The molecule has 0 amide bonds. The molecule has 1 aromatic rings. The summed E-state index contributed by atoms with van der Waals surface area (Å²) in [5.41, 5.74) is 4.93. The highest BCUT2D eigenvalue weighted by atomic mass is 32.2. The van der Waals surface area contributed by atoms with Crippen LogP contribution in [0.1, 0.15) is 0 Å². The lowest BCUT2D eigenvalue weighted by atomic mass is 10.3. The average Bonchev–Trinajstić information content (AvgIpc) is 1.99. The number of alkyl halides is 3. The lowest BCUT2D eigenvalue weighted by molar-refractivity contribution is -0.105. The van der Waals surface area contributed by atoms with Crippen LogP contribution in [-0.4, -0.2) is 11.9 Å². The van der Waals surface area contributed by atoms with Gasteiger partial charge in [-0.2, -0.15) is 13.2 Å². The molecule has 0 fully saturated rings. The lowest BCUT2D eigenvalue weighted by Gasteiger charge is -2.08. The van der Waals surface area contributed by atoms with Crippen molar-refractivity contribution in [2.45, 2.75) is 11.1 Å². The van der Waals surface area contributed by atoms with Crippen LogP contribution in [0.4, 0.5) is 27.6 Å². The fourth-order valence-corrected chi connectivity index (χ4v) is 1.57. The van der Waals surface area contributed by atoms with Crippen molar-refractivity contribution in [3.8, 4) is 0 Å². The minimum atomic E-state index is -4.47. The van der Waals surface area contributed by atoms with Gasteiger partial charge in [0.15, 0.2) is 0 Å². The van der Waals surface area contributed by atoms with Crippen LogP contribution in [0.15, 0.2) is 17.0 Å². The van der Waals surface area contributed by atoms with Crippen molar-refractivity contribution < 1.29 is 22.0 Å². The first-order valence-corrected chi connectivity index (χ1v) is 4.72. The Hall–Kier alpha value is -0.980. The van der Waals surface area contributed by atoms with Gasteiger partial charge in [0, 0.05) is 5.69 Å². The Morgan fingerprint density at radius 2 is 1.60 bits per heavy atom. The summed E-state index contributed by atoms with van der Waals surface area (Å²) in [7, 11) is 0. The van der Waals surface area contributed by atoms with Gasteiger partial charge in [-0.25, -0.2) is 8.78 Å². The third-order valence-electron chi connectivity index (χ3n) is 1.40. The number of nitrogen functional groups attached to an aromatic ring is 1. The van der Waals surface area contributed by atoms with Crippen molar-refractivity contribution in [1.82, 2.24) is 0 Å². The van der Waals surface area contributed by atoms with Gasteiger partial charge in [-0.1, -0.05) is 0 Å². The van der Waals surface area contributed by atoms with Crippen molar-refractivity contribution in [3.05, 3.63) is 23.8 Å². The number of halogens is 5. The van der Waals surface area contributed by atoms with E-state index in [9.17, 15) is 22.0 Å². The molecule has 0 aliphatic heterocycles. The molecule has 0 saturated carbocycles. The van der Waals surface area contributed by atoms with Crippen LogP contribution in [0.3, 0.4) is 0 Å². The summed E-state index contributed by atoms with van der Waals surface area (Å²) in [6.07, 6.45) is -4.47. The van der Waals surface area contributed by atoms with Crippen LogP contribution >= 0.6 is 11.8 Å². The van der Waals surface area contributed by atoms with E-state index in [1.54, 1.807) is 0 Å². The second-order valence-electron chi connectivity index (χ2n) is 2.72. The smallest absolute Gasteiger partial charge is 0.398 e. The van der Waals surface area contributed by atoms with Gasteiger partial charge in [-0.05, 0) is 12.1 Å². The van der Waals surface area contributed by atoms with Crippen LogP contribution < -0.4 is 5.73 Å². The van der Waals surface area contributed by atoms with Gasteiger partial charge < -0.3 is 5.73 Å². The molecule has 0 aromatic heterocycles. The molecule has 0 atom stereocenters. The largest absolute Gasteiger partial charge is 0.399 e. The van der Waals surface area contributed by atoms with E-state index in [2.05, 4.69) is 0 Å². The maximum Gasteiger partial charge on any atom is 0.398 e. The van der Waals surface area contributed by atoms with E-state index in [1.807, 2.05) is 0 Å². The minimum Gasteiger partial charge on any atom is -0.399 e. The number of benzene rings is 1. The van der Waals surface area contributed by atoms with E-state index in [-0.39, 0.29) is 17.4 Å². The summed E-state index contributed by atoms with van der Waals surface area (Å²) in [5, 5.41) is 0. The highest BCUT2D eigenvalue weighted by Gasteiger charge is 2.28. The van der Waals surface area contributed by atoms with Crippen LogP contribution in [0.2, 0.25) is 0 Å². The number of hydrogen-bond donors (Lipinski definition) is 1. The molecule has 0 spiro atoms. The molecule has 1 rings (SSSR count). The van der Waals surface area contributed by atoms with Gasteiger partial charge in [0.2, 0.25) is 0 Å². The molecule has 1 nitrogen and oxygen atoms in total. The molecule has 0 saturated heterocycles. The van der Waals surface area contributed by atoms with Gasteiger partial charge in [-0.15, -0.1) is 11.8 Å². The number of rotatable bonds is 2. The van der Waals surface area contributed by atoms with Crippen LogP contribution in [-0.2, 0) is 0 Å². The molecule has 2 N–H and O–H groups in total. The quantitative estimate of drug-likeness (QED) is 0.490. The Balaban J connectivity index is 2.86. The summed E-state index contributed by atoms with van der Waals surface area (Å²) in [6, 6.07) is 1.56. The fourth-order valence-electron chi connectivity index (χ4n) is 0.871. The van der Waals surface area contributed by atoms with Crippen molar-refractivity contribution in [2.75, 3.05) is 11.5 Å². The number of anilines is 1. The summed E-state index contributed by atoms with van der Waals surface area (Å²) in [5.74, 6) is -3.51. The molecule has 0 bridgehead atoms. The standard InChI is InChI=1S/C8H6F5NS/c9-5-1-4(14)2-6(10)7(5)15-3-8(11,12)13/h1-2H,3,14H2. The molecule has 0 heterocycles. The Morgan fingerprint density at radius 3 is 2.00 bits per heavy atom. The maximum absolute atomic E-state index is 13.0. The summed E-state index contributed by atoms with van der Waals surface area (Å²) >= 11 is 0.0587. The zero-order chi connectivity index (χ0) is 11.6. The number of thioether (sulfide) groups is 1. The Morgan fingerprint density at radius 1 is 1.13 bits per heavy atom. The van der Waals surface area contributed by atoms with E-state index in [1.165, 1.54) is 0 Å². The van der Waals surface area contributed by atoms with Gasteiger partial charge in [0.25, 0.3) is 0 Å². The molecule has 0 unspecified atom stereocenters. The third kappa shape index (κ3) is 3.58. The molecule has 15 heavy (non-hydrogen) atoms. The highest BCUT2D eigenvalue weighted by molar-refractivity contribution is 7.99. The first kappa shape index (κ1) is 12.1. The van der Waals surface area contributed by atoms with Crippen LogP contribution in [0.25, 0.3) is 0 Å². The van der Waals surface area contributed by atoms with Crippen molar-refractivity contribution in [2.24, 2.45) is 0 Å². The first-order valence-electron chi connectivity index (χ1n) is 3.73. The van der Waals surface area contributed by atoms with Crippen molar-refractivity contribution in [1.29, 1.82) is 0 Å². The normalized spacial score (nSPS) is 11.8. The molecule has 0 radical (unpaired) electrons. The Bertz CT molecular complexity index is 340.